The van der Waals surface area contributed by atoms with Crippen LogP contribution >= 0.6 is 11.3 Å². The summed E-state index contributed by atoms with van der Waals surface area (Å²) in [4.78, 5) is 36.2. The molecule has 2 amide bonds. The molecule has 3 aliphatic rings. The Morgan fingerprint density at radius 3 is 2.10 bits per heavy atom. The molecule has 0 saturated carbocycles. The quantitative estimate of drug-likeness (QED) is 0.674. The molecule has 4 heterocycles. The number of amides is 2. The molecule has 1 aromatic heterocycles. The van der Waals surface area contributed by atoms with Gasteiger partial charge in [-0.15, -0.1) is 11.3 Å². The van der Waals surface area contributed by atoms with Gasteiger partial charge in [0.1, 0.15) is 5.70 Å². The third-order valence-electron chi connectivity index (χ3n) is 6.54. The maximum atomic E-state index is 13.6. The van der Waals surface area contributed by atoms with Gasteiger partial charge < -0.3 is 14.7 Å². The Bertz CT molecular complexity index is 985. The first-order valence-corrected chi connectivity index (χ1v) is 12.0. The number of rotatable bonds is 5. The summed E-state index contributed by atoms with van der Waals surface area (Å²) >= 11 is 1.51. The van der Waals surface area contributed by atoms with E-state index in [9.17, 15) is 9.59 Å². The molecule has 0 spiro atoms. The van der Waals surface area contributed by atoms with Crippen LogP contribution in [0.1, 0.15) is 24.6 Å². The minimum atomic E-state index is -0.214. The predicted octanol–water partition coefficient (Wildman–Crippen LogP) is 3.27. The Labute approximate surface area is 187 Å². The van der Waals surface area contributed by atoms with Gasteiger partial charge in [-0.1, -0.05) is 13.0 Å². The molecule has 0 N–H and O–H groups in total. The zero-order chi connectivity index (χ0) is 21.4. The topological polar surface area (TPSA) is 47.1 Å². The van der Waals surface area contributed by atoms with Crippen molar-refractivity contribution < 1.29 is 9.59 Å². The molecule has 31 heavy (non-hydrogen) atoms. The fourth-order valence-electron chi connectivity index (χ4n) is 4.76. The van der Waals surface area contributed by atoms with Crippen molar-refractivity contribution in [1.82, 2.24) is 9.80 Å². The maximum absolute atomic E-state index is 13.6. The van der Waals surface area contributed by atoms with Gasteiger partial charge in [0.15, 0.2) is 0 Å². The summed E-state index contributed by atoms with van der Waals surface area (Å²) in [5.41, 5.74) is 2.91. The van der Waals surface area contributed by atoms with E-state index in [-0.39, 0.29) is 11.8 Å². The van der Waals surface area contributed by atoms with Gasteiger partial charge in [0.2, 0.25) is 0 Å². The highest BCUT2D eigenvalue weighted by atomic mass is 32.1. The smallest absolute Gasteiger partial charge is 0.282 e. The molecule has 2 aromatic rings. The number of likely N-dealkylation sites (N-methyl/N-ethyl adjacent to an activating group) is 1. The van der Waals surface area contributed by atoms with Gasteiger partial charge in [0, 0.05) is 49.8 Å². The number of imide groups is 1. The normalized spacial score (nSPS) is 20.5. The summed E-state index contributed by atoms with van der Waals surface area (Å²) in [6.45, 7) is 8.64. The fraction of sp³-hybridized carbons (Fsp3) is 0.417. The predicted molar refractivity (Wildman–Crippen MR) is 125 cm³/mol. The second-order valence-electron chi connectivity index (χ2n) is 8.28. The first-order valence-electron chi connectivity index (χ1n) is 11.2. The van der Waals surface area contributed by atoms with E-state index in [2.05, 4.69) is 21.6 Å². The summed E-state index contributed by atoms with van der Waals surface area (Å²) < 4.78 is 0. The SMILES string of the molecule is CCN1CCN(C2=C(c3cccs3)C(=O)N(c3ccc(N4CCCC4)cc3)C2=O)CC1. The van der Waals surface area contributed by atoms with Crippen LogP contribution in [0.3, 0.4) is 0 Å². The van der Waals surface area contributed by atoms with Crippen LogP contribution in [0.5, 0.6) is 0 Å². The van der Waals surface area contributed by atoms with Crippen molar-refractivity contribution in [3.05, 3.63) is 52.4 Å². The van der Waals surface area contributed by atoms with Gasteiger partial charge in [-0.2, -0.15) is 0 Å². The van der Waals surface area contributed by atoms with Crippen LogP contribution in [0, 0.1) is 0 Å². The molecule has 0 atom stereocenters. The van der Waals surface area contributed by atoms with E-state index in [0.717, 1.165) is 56.4 Å². The van der Waals surface area contributed by atoms with Gasteiger partial charge in [-0.3, -0.25) is 9.59 Å². The largest absolute Gasteiger partial charge is 0.372 e. The van der Waals surface area contributed by atoms with E-state index in [1.54, 1.807) is 0 Å². The number of benzene rings is 1. The number of thiophene rings is 1. The first-order chi connectivity index (χ1) is 15.2. The fourth-order valence-corrected chi connectivity index (χ4v) is 5.53. The number of hydrogen-bond acceptors (Lipinski definition) is 6. The van der Waals surface area contributed by atoms with E-state index in [0.29, 0.717) is 17.0 Å². The van der Waals surface area contributed by atoms with E-state index in [4.69, 9.17) is 0 Å². The summed E-state index contributed by atoms with van der Waals surface area (Å²) in [7, 11) is 0. The zero-order valence-electron chi connectivity index (χ0n) is 17.9. The van der Waals surface area contributed by atoms with Gasteiger partial charge in [0.05, 0.1) is 11.3 Å². The summed E-state index contributed by atoms with van der Waals surface area (Å²) in [6.07, 6.45) is 2.43. The molecule has 0 aliphatic carbocycles. The zero-order valence-corrected chi connectivity index (χ0v) is 18.7. The molecule has 162 valence electrons. The molecule has 2 saturated heterocycles. The van der Waals surface area contributed by atoms with Crippen LogP contribution in [0.2, 0.25) is 0 Å². The van der Waals surface area contributed by atoms with Crippen LogP contribution in [0.25, 0.3) is 5.57 Å². The minimum absolute atomic E-state index is 0.202. The highest BCUT2D eigenvalue weighted by Gasteiger charge is 2.43. The van der Waals surface area contributed by atoms with E-state index >= 15 is 0 Å². The highest BCUT2D eigenvalue weighted by molar-refractivity contribution is 7.11. The van der Waals surface area contributed by atoms with Crippen molar-refractivity contribution in [1.29, 1.82) is 0 Å². The van der Waals surface area contributed by atoms with Crippen molar-refractivity contribution in [2.75, 3.05) is 55.6 Å². The lowest BCUT2D eigenvalue weighted by atomic mass is 10.1. The van der Waals surface area contributed by atoms with Crippen LogP contribution in [0.15, 0.2) is 47.5 Å². The molecule has 3 aliphatic heterocycles. The Morgan fingerprint density at radius 1 is 0.806 bits per heavy atom. The highest BCUT2D eigenvalue weighted by Crippen LogP contribution is 2.37. The lowest BCUT2D eigenvalue weighted by Crippen LogP contribution is -2.47. The Hall–Kier alpha value is -2.64. The number of hydrogen-bond donors (Lipinski definition) is 0. The first kappa shape index (κ1) is 20.3. The van der Waals surface area contributed by atoms with Crippen LogP contribution in [-0.2, 0) is 9.59 Å². The molecule has 7 heteroatoms. The Morgan fingerprint density at radius 2 is 1.48 bits per heavy atom. The Kier molecular flexibility index (Phi) is 5.54. The molecule has 0 radical (unpaired) electrons. The van der Waals surface area contributed by atoms with Crippen LogP contribution in [-0.4, -0.2) is 67.4 Å². The van der Waals surface area contributed by atoms with Crippen molar-refractivity contribution in [2.24, 2.45) is 0 Å². The average Bonchev–Trinajstić information content (AvgIpc) is 3.56. The van der Waals surface area contributed by atoms with Crippen molar-refractivity contribution in [3.63, 3.8) is 0 Å². The number of carbonyl (C=O) groups is 2. The van der Waals surface area contributed by atoms with E-state index in [1.807, 2.05) is 41.8 Å². The standard InChI is InChI=1S/C24H28N4O2S/c1-2-25-13-15-27(16-14-25)22-21(20-6-5-17-31-20)23(29)28(24(22)30)19-9-7-18(8-10-19)26-11-3-4-12-26/h5-10,17H,2-4,11-16H2,1H3. The molecule has 1 aromatic carbocycles. The minimum Gasteiger partial charge on any atom is -0.372 e. The average molecular weight is 437 g/mol. The lowest BCUT2D eigenvalue weighted by Gasteiger charge is -2.35. The van der Waals surface area contributed by atoms with Crippen molar-refractivity contribution >= 4 is 40.1 Å². The molecule has 0 unspecified atom stereocenters. The summed E-state index contributed by atoms with van der Waals surface area (Å²) in [5, 5.41) is 1.96. The van der Waals surface area contributed by atoms with Crippen molar-refractivity contribution in [2.45, 2.75) is 19.8 Å². The van der Waals surface area contributed by atoms with Gasteiger partial charge >= 0.3 is 0 Å². The number of anilines is 2. The second kappa shape index (κ2) is 8.48. The number of nitrogens with zero attached hydrogens (tertiary/aromatic N) is 4. The molecular formula is C24H28N4O2S. The van der Waals surface area contributed by atoms with Crippen LogP contribution < -0.4 is 9.80 Å². The summed E-state index contributed by atoms with van der Waals surface area (Å²) in [5.74, 6) is -0.415. The van der Waals surface area contributed by atoms with E-state index in [1.165, 1.54) is 29.1 Å². The molecule has 6 nitrogen and oxygen atoms in total. The number of carbonyl (C=O) groups excluding carboxylic acids is 2. The van der Waals surface area contributed by atoms with E-state index < -0.39 is 0 Å². The monoisotopic (exact) mass is 436 g/mol. The molecular weight excluding hydrogens is 408 g/mol. The third-order valence-corrected chi connectivity index (χ3v) is 7.43. The maximum Gasteiger partial charge on any atom is 0.282 e. The van der Waals surface area contributed by atoms with Gasteiger partial charge in [-0.05, 0) is 55.1 Å². The third kappa shape index (κ3) is 3.66. The van der Waals surface area contributed by atoms with Crippen molar-refractivity contribution in [3.8, 4) is 0 Å². The summed E-state index contributed by atoms with van der Waals surface area (Å²) in [6, 6.07) is 11.8. The van der Waals surface area contributed by atoms with Gasteiger partial charge in [0.25, 0.3) is 11.8 Å². The second-order valence-corrected chi connectivity index (χ2v) is 9.23. The van der Waals surface area contributed by atoms with Crippen LogP contribution in [0.4, 0.5) is 11.4 Å². The molecule has 0 bridgehead atoms. The molecule has 5 rings (SSSR count). The number of piperazine rings is 1. The molecule has 2 fully saturated rings. The lowest BCUT2D eigenvalue weighted by molar-refractivity contribution is -0.120. The Balaban J connectivity index is 1.46. The van der Waals surface area contributed by atoms with Gasteiger partial charge in [-0.25, -0.2) is 4.90 Å².